The molecule has 0 bridgehead atoms. The number of hydrogen-bond acceptors (Lipinski definition) is 4. The summed E-state index contributed by atoms with van der Waals surface area (Å²) in [7, 11) is 0. The van der Waals surface area contributed by atoms with E-state index < -0.39 is 0 Å². The first-order valence-electron chi connectivity index (χ1n) is 8.20. The summed E-state index contributed by atoms with van der Waals surface area (Å²) >= 11 is 6.09. The molecule has 1 heterocycles. The highest BCUT2D eigenvalue weighted by atomic mass is 35.5. The molecule has 26 heavy (non-hydrogen) atoms. The Hall–Kier alpha value is -2.92. The van der Waals surface area contributed by atoms with Gasteiger partial charge in [0.05, 0.1) is 5.56 Å². The third-order valence-corrected chi connectivity index (χ3v) is 4.16. The fourth-order valence-corrected chi connectivity index (χ4v) is 2.81. The van der Waals surface area contributed by atoms with E-state index in [1.165, 1.54) is 12.4 Å². The number of halogens is 1. The van der Waals surface area contributed by atoms with Gasteiger partial charge >= 0.3 is 0 Å². The zero-order chi connectivity index (χ0) is 18.5. The summed E-state index contributed by atoms with van der Waals surface area (Å²) in [5.41, 5.74) is 4.48. The van der Waals surface area contributed by atoms with Crippen LogP contribution in [0.15, 0.2) is 54.9 Å². The van der Waals surface area contributed by atoms with E-state index >= 15 is 0 Å². The molecule has 5 nitrogen and oxygen atoms in total. The topological polar surface area (TPSA) is 66.9 Å². The maximum atomic E-state index is 12.2. The van der Waals surface area contributed by atoms with Gasteiger partial charge in [0.2, 0.25) is 5.95 Å². The van der Waals surface area contributed by atoms with Crippen LogP contribution in [0.25, 0.3) is 0 Å². The van der Waals surface area contributed by atoms with Crippen LogP contribution < -0.4 is 10.6 Å². The van der Waals surface area contributed by atoms with Gasteiger partial charge in [-0.2, -0.15) is 0 Å². The van der Waals surface area contributed by atoms with Crippen LogP contribution in [0.4, 0.5) is 11.6 Å². The van der Waals surface area contributed by atoms with Gasteiger partial charge in [0.25, 0.3) is 5.91 Å². The summed E-state index contributed by atoms with van der Waals surface area (Å²) in [4.78, 5) is 20.7. The number of nitrogens with one attached hydrogen (secondary N) is 2. The highest BCUT2D eigenvalue weighted by Crippen LogP contribution is 2.17. The number of hydrogen-bond donors (Lipinski definition) is 2. The summed E-state index contributed by atoms with van der Waals surface area (Å²) in [6, 6.07) is 13.5. The monoisotopic (exact) mass is 366 g/mol. The van der Waals surface area contributed by atoms with Crippen LogP contribution in [0, 0.1) is 13.8 Å². The molecular formula is C20H19ClN4O. The normalized spacial score (nSPS) is 10.4. The van der Waals surface area contributed by atoms with Gasteiger partial charge in [0, 0.05) is 29.6 Å². The number of anilines is 2. The van der Waals surface area contributed by atoms with Crippen molar-refractivity contribution in [2.75, 3.05) is 5.32 Å². The van der Waals surface area contributed by atoms with Crippen LogP contribution in [0.1, 0.15) is 27.0 Å². The number of nitrogens with zero attached hydrogens (tertiary/aromatic N) is 2. The minimum Gasteiger partial charge on any atom is -0.348 e. The van der Waals surface area contributed by atoms with Gasteiger partial charge in [-0.05, 0) is 48.7 Å². The van der Waals surface area contributed by atoms with E-state index in [-0.39, 0.29) is 5.91 Å². The minimum absolute atomic E-state index is 0.247. The molecule has 0 saturated heterocycles. The molecule has 3 rings (SSSR count). The molecule has 0 aliphatic carbocycles. The summed E-state index contributed by atoms with van der Waals surface area (Å²) < 4.78 is 0. The highest BCUT2D eigenvalue weighted by molar-refractivity contribution is 6.31. The number of carbonyl (C=O) groups is 1. The third kappa shape index (κ3) is 4.58. The fourth-order valence-electron chi connectivity index (χ4n) is 2.61. The summed E-state index contributed by atoms with van der Waals surface area (Å²) in [6.45, 7) is 4.41. The Labute approximate surface area is 157 Å². The van der Waals surface area contributed by atoms with Gasteiger partial charge < -0.3 is 10.6 Å². The molecule has 0 aliphatic rings. The maximum absolute atomic E-state index is 12.2. The minimum atomic E-state index is -0.247. The van der Waals surface area contributed by atoms with Gasteiger partial charge in [-0.3, -0.25) is 4.79 Å². The van der Waals surface area contributed by atoms with Crippen LogP contribution in [-0.2, 0) is 6.54 Å². The number of aromatic nitrogens is 2. The van der Waals surface area contributed by atoms with E-state index in [2.05, 4.69) is 26.7 Å². The van der Waals surface area contributed by atoms with Crippen molar-refractivity contribution < 1.29 is 4.79 Å². The third-order valence-electron chi connectivity index (χ3n) is 3.79. The van der Waals surface area contributed by atoms with E-state index in [1.54, 1.807) is 6.07 Å². The lowest BCUT2D eigenvalue weighted by atomic mass is 10.1. The van der Waals surface area contributed by atoms with Crippen molar-refractivity contribution in [3.8, 4) is 0 Å². The molecule has 2 aromatic carbocycles. The van der Waals surface area contributed by atoms with Crippen molar-refractivity contribution in [1.29, 1.82) is 0 Å². The number of carbonyl (C=O) groups excluding carboxylic acids is 1. The Kier molecular flexibility index (Phi) is 5.49. The molecule has 0 fully saturated rings. The maximum Gasteiger partial charge on any atom is 0.254 e. The lowest BCUT2D eigenvalue weighted by Crippen LogP contribution is -2.23. The van der Waals surface area contributed by atoms with Crippen LogP contribution >= 0.6 is 11.6 Å². The van der Waals surface area contributed by atoms with Crippen molar-refractivity contribution in [2.45, 2.75) is 20.4 Å². The Morgan fingerprint density at radius 3 is 2.35 bits per heavy atom. The lowest BCUT2D eigenvalue weighted by molar-refractivity contribution is 0.0950. The first-order chi connectivity index (χ1) is 12.5. The average Bonchev–Trinajstić information content (AvgIpc) is 2.60. The second-order valence-electron chi connectivity index (χ2n) is 6.07. The fraction of sp³-hybridized carbons (Fsp3) is 0.150. The van der Waals surface area contributed by atoms with Crippen molar-refractivity contribution in [3.05, 3.63) is 82.1 Å². The van der Waals surface area contributed by atoms with Crippen molar-refractivity contribution in [3.63, 3.8) is 0 Å². The van der Waals surface area contributed by atoms with E-state index in [1.807, 2.05) is 44.2 Å². The molecule has 0 radical (unpaired) electrons. The predicted octanol–water partition coefficient (Wildman–Crippen LogP) is 4.42. The second-order valence-corrected chi connectivity index (χ2v) is 6.48. The van der Waals surface area contributed by atoms with Crippen LogP contribution in [0.2, 0.25) is 5.02 Å². The van der Waals surface area contributed by atoms with E-state index in [0.29, 0.717) is 23.1 Å². The summed E-state index contributed by atoms with van der Waals surface area (Å²) in [5, 5.41) is 6.58. The molecular weight excluding hydrogens is 348 g/mol. The summed E-state index contributed by atoms with van der Waals surface area (Å²) in [5.74, 6) is 0.195. The SMILES string of the molecule is Cc1cc(C)cc(Nc2ncc(C(=O)NCc3ccccc3Cl)cn2)c1. The molecule has 0 unspecified atom stereocenters. The smallest absolute Gasteiger partial charge is 0.254 e. The van der Waals surface area contributed by atoms with E-state index in [4.69, 9.17) is 11.6 Å². The van der Waals surface area contributed by atoms with Gasteiger partial charge in [0.15, 0.2) is 0 Å². The Balaban J connectivity index is 1.63. The Bertz CT molecular complexity index is 905. The van der Waals surface area contributed by atoms with Gasteiger partial charge in [-0.1, -0.05) is 35.9 Å². The molecule has 0 saturated carbocycles. The van der Waals surface area contributed by atoms with E-state index in [0.717, 1.165) is 22.4 Å². The molecule has 3 aromatic rings. The Morgan fingerprint density at radius 2 is 1.69 bits per heavy atom. The van der Waals surface area contributed by atoms with Gasteiger partial charge in [-0.25, -0.2) is 9.97 Å². The number of rotatable bonds is 5. The average molecular weight is 367 g/mol. The first-order valence-corrected chi connectivity index (χ1v) is 8.58. The van der Waals surface area contributed by atoms with Gasteiger partial charge in [-0.15, -0.1) is 0 Å². The molecule has 0 spiro atoms. The highest BCUT2D eigenvalue weighted by Gasteiger charge is 2.08. The molecule has 2 N–H and O–H groups in total. The van der Waals surface area contributed by atoms with Crippen molar-refractivity contribution in [1.82, 2.24) is 15.3 Å². The molecule has 132 valence electrons. The quantitative estimate of drug-likeness (QED) is 0.701. The van der Waals surface area contributed by atoms with E-state index in [9.17, 15) is 4.79 Å². The molecule has 1 aromatic heterocycles. The van der Waals surface area contributed by atoms with Crippen LogP contribution in [0.5, 0.6) is 0 Å². The number of benzene rings is 2. The second kappa shape index (κ2) is 7.97. The lowest BCUT2D eigenvalue weighted by Gasteiger charge is -2.09. The zero-order valence-electron chi connectivity index (χ0n) is 14.6. The molecule has 0 aliphatic heterocycles. The summed E-state index contributed by atoms with van der Waals surface area (Å²) in [6.07, 6.45) is 3.00. The molecule has 0 atom stereocenters. The van der Waals surface area contributed by atoms with Gasteiger partial charge in [0.1, 0.15) is 0 Å². The predicted molar refractivity (Wildman–Crippen MR) is 104 cm³/mol. The largest absolute Gasteiger partial charge is 0.348 e. The number of aryl methyl sites for hydroxylation is 2. The number of amides is 1. The first kappa shape index (κ1) is 17.9. The van der Waals surface area contributed by atoms with Crippen LogP contribution in [0.3, 0.4) is 0 Å². The van der Waals surface area contributed by atoms with Crippen molar-refractivity contribution >= 4 is 29.1 Å². The van der Waals surface area contributed by atoms with Crippen molar-refractivity contribution in [2.24, 2.45) is 0 Å². The Morgan fingerprint density at radius 1 is 1.04 bits per heavy atom. The van der Waals surface area contributed by atoms with Crippen LogP contribution in [-0.4, -0.2) is 15.9 Å². The standard InChI is InChI=1S/C20H19ClN4O/c1-13-7-14(2)9-17(8-13)25-20-23-11-16(12-24-20)19(26)22-10-15-5-3-4-6-18(15)21/h3-9,11-12H,10H2,1-2H3,(H,22,26)(H,23,24,25). The molecule has 6 heteroatoms. The zero-order valence-corrected chi connectivity index (χ0v) is 15.3. The molecule has 1 amide bonds.